The average molecular weight is 284 g/mol. The first kappa shape index (κ1) is 10.9. The van der Waals surface area contributed by atoms with Crippen molar-refractivity contribution in [2.45, 2.75) is 6.92 Å². The summed E-state index contributed by atoms with van der Waals surface area (Å²) in [5.74, 6) is -0.600. The first-order chi connectivity index (χ1) is 7.58. The Morgan fingerprint density at radius 2 is 2.19 bits per heavy atom. The second-order valence-corrected chi connectivity index (χ2v) is 4.09. The Morgan fingerprint density at radius 3 is 2.75 bits per heavy atom. The van der Waals surface area contributed by atoms with Crippen LogP contribution in [0.1, 0.15) is 5.69 Å². The number of hydrogen-bond donors (Lipinski definition) is 1. The molecule has 0 fully saturated rings. The molecule has 0 bridgehead atoms. The van der Waals surface area contributed by atoms with Crippen molar-refractivity contribution in [2.75, 3.05) is 0 Å². The highest BCUT2D eigenvalue weighted by atomic mass is 79.9. The fourth-order valence-electron chi connectivity index (χ4n) is 1.21. The molecule has 0 aliphatic rings. The zero-order chi connectivity index (χ0) is 11.7. The van der Waals surface area contributed by atoms with Crippen molar-refractivity contribution in [3.05, 3.63) is 44.7 Å². The molecule has 0 saturated heterocycles. The Hall–Kier alpha value is -1.56. The second-order valence-electron chi connectivity index (χ2n) is 3.18. The van der Waals surface area contributed by atoms with Crippen LogP contribution in [-0.4, -0.2) is 15.0 Å². The average Bonchev–Trinajstić information content (AvgIpc) is 2.26. The molecular formula is C10H7BrFN3O. The Kier molecular flexibility index (Phi) is 2.82. The topological polar surface area (TPSA) is 58.6 Å². The molecule has 0 saturated carbocycles. The number of aryl methyl sites for hydroxylation is 1. The van der Waals surface area contributed by atoms with Gasteiger partial charge in [0, 0.05) is 10.7 Å². The van der Waals surface area contributed by atoms with E-state index in [-0.39, 0.29) is 11.5 Å². The van der Waals surface area contributed by atoms with Crippen LogP contribution in [0.5, 0.6) is 0 Å². The molecule has 0 aliphatic heterocycles. The van der Waals surface area contributed by atoms with Gasteiger partial charge in [-0.25, -0.2) is 4.98 Å². The van der Waals surface area contributed by atoms with Crippen LogP contribution in [0.2, 0.25) is 0 Å². The molecule has 82 valence electrons. The Balaban J connectivity index is 2.57. The van der Waals surface area contributed by atoms with Crippen molar-refractivity contribution in [1.29, 1.82) is 0 Å². The molecule has 2 heterocycles. The van der Waals surface area contributed by atoms with E-state index in [9.17, 15) is 9.18 Å². The fourth-order valence-corrected chi connectivity index (χ4v) is 1.44. The smallest absolute Gasteiger partial charge is 0.287 e. The number of aromatic nitrogens is 3. The van der Waals surface area contributed by atoms with Gasteiger partial charge < -0.3 is 4.98 Å². The normalized spacial score (nSPS) is 10.4. The summed E-state index contributed by atoms with van der Waals surface area (Å²) in [6, 6.07) is 3.45. The molecule has 0 atom stereocenters. The van der Waals surface area contributed by atoms with Crippen molar-refractivity contribution in [3.63, 3.8) is 0 Å². The van der Waals surface area contributed by atoms with E-state index in [1.165, 1.54) is 6.92 Å². The summed E-state index contributed by atoms with van der Waals surface area (Å²) >= 11 is 3.24. The van der Waals surface area contributed by atoms with Gasteiger partial charge in [-0.15, -0.1) is 0 Å². The van der Waals surface area contributed by atoms with Gasteiger partial charge in [0.25, 0.3) is 5.56 Å². The lowest BCUT2D eigenvalue weighted by Gasteiger charge is -2.01. The lowest BCUT2D eigenvalue weighted by atomic mass is 10.3. The van der Waals surface area contributed by atoms with Crippen molar-refractivity contribution in [3.8, 4) is 11.5 Å². The van der Waals surface area contributed by atoms with E-state index in [1.807, 2.05) is 0 Å². The molecule has 0 aromatic carbocycles. The predicted octanol–water partition coefficient (Wildman–Crippen LogP) is 2.04. The van der Waals surface area contributed by atoms with E-state index in [2.05, 4.69) is 30.9 Å². The lowest BCUT2D eigenvalue weighted by molar-refractivity contribution is 0.589. The highest BCUT2D eigenvalue weighted by Crippen LogP contribution is 2.14. The van der Waals surface area contributed by atoms with Crippen LogP contribution in [0.25, 0.3) is 11.5 Å². The maximum atomic E-state index is 13.1. The monoisotopic (exact) mass is 283 g/mol. The summed E-state index contributed by atoms with van der Waals surface area (Å²) in [5, 5.41) is 0. The van der Waals surface area contributed by atoms with E-state index in [4.69, 9.17) is 0 Å². The summed E-state index contributed by atoms with van der Waals surface area (Å²) in [7, 11) is 0. The number of H-pyrrole nitrogens is 1. The van der Waals surface area contributed by atoms with E-state index in [0.717, 1.165) is 4.47 Å². The van der Waals surface area contributed by atoms with Crippen LogP contribution in [0, 0.1) is 12.7 Å². The molecule has 4 nitrogen and oxygen atoms in total. The maximum Gasteiger partial charge on any atom is 0.287 e. The quantitative estimate of drug-likeness (QED) is 0.871. The Bertz CT molecular complexity index is 580. The standard InChI is InChI=1S/C10H7BrFN3O/c1-5-8(12)10(16)15-9(14-5)7-3-2-6(11)4-13-7/h2-4H,1H3,(H,14,15,16). The number of nitrogens with one attached hydrogen (secondary N) is 1. The minimum absolute atomic E-state index is 0.0588. The molecule has 2 aromatic rings. The first-order valence-corrected chi connectivity index (χ1v) is 5.25. The third-order valence-corrected chi connectivity index (χ3v) is 2.47. The van der Waals surface area contributed by atoms with Crippen molar-refractivity contribution in [1.82, 2.24) is 15.0 Å². The highest BCUT2D eigenvalue weighted by Gasteiger charge is 2.09. The predicted molar refractivity (Wildman–Crippen MR) is 60.5 cm³/mol. The first-order valence-electron chi connectivity index (χ1n) is 4.46. The van der Waals surface area contributed by atoms with Gasteiger partial charge in [0.15, 0.2) is 5.82 Å². The van der Waals surface area contributed by atoms with E-state index >= 15 is 0 Å². The minimum Gasteiger partial charge on any atom is -0.303 e. The molecule has 2 rings (SSSR count). The van der Waals surface area contributed by atoms with E-state index in [0.29, 0.717) is 5.69 Å². The largest absolute Gasteiger partial charge is 0.303 e. The second kappa shape index (κ2) is 4.13. The number of hydrogen-bond acceptors (Lipinski definition) is 3. The van der Waals surface area contributed by atoms with Crippen LogP contribution < -0.4 is 5.56 Å². The molecule has 1 N–H and O–H groups in total. The van der Waals surface area contributed by atoms with Gasteiger partial charge in [-0.05, 0) is 35.0 Å². The van der Waals surface area contributed by atoms with Crippen molar-refractivity contribution >= 4 is 15.9 Å². The number of halogens is 2. The zero-order valence-electron chi connectivity index (χ0n) is 8.29. The van der Waals surface area contributed by atoms with Gasteiger partial charge >= 0.3 is 0 Å². The number of nitrogens with zero attached hydrogens (tertiary/aromatic N) is 2. The molecular weight excluding hydrogens is 277 g/mol. The van der Waals surface area contributed by atoms with Crippen LogP contribution >= 0.6 is 15.9 Å². The van der Waals surface area contributed by atoms with Gasteiger partial charge in [0.2, 0.25) is 5.82 Å². The maximum absolute atomic E-state index is 13.1. The van der Waals surface area contributed by atoms with Crippen LogP contribution in [-0.2, 0) is 0 Å². The van der Waals surface area contributed by atoms with Crippen molar-refractivity contribution in [2.24, 2.45) is 0 Å². The molecule has 0 unspecified atom stereocenters. The fraction of sp³-hybridized carbons (Fsp3) is 0.100. The number of rotatable bonds is 1. The summed E-state index contributed by atoms with van der Waals surface area (Å²) < 4.78 is 13.9. The summed E-state index contributed by atoms with van der Waals surface area (Å²) in [5.41, 5.74) is -0.237. The van der Waals surface area contributed by atoms with Gasteiger partial charge in [0.1, 0.15) is 5.69 Å². The minimum atomic E-state index is -0.860. The molecule has 0 aliphatic carbocycles. The summed E-state index contributed by atoms with van der Waals surface area (Å²) in [4.78, 5) is 21.5. The summed E-state index contributed by atoms with van der Waals surface area (Å²) in [6.07, 6.45) is 1.58. The van der Waals surface area contributed by atoms with Gasteiger partial charge in [-0.3, -0.25) is 9.78 Å². The van der Waals surface area contributed by atoms with Crippen LogP contribution in [0.15, 0.2) is 27.6 Å². The molecule has 0 spiro atoms. The number of pyridine rings is 1. The number of aromatic amines is 1. The third kappa shape index (κ3) is 2.01. The molecule has 0 radical (unpaired) electrons. The van der Waals surface area contributed by atoms with Gasteiger partial charge in [-0.2, -0.15) is 4.39 Å². The lowest BCUT2D eigenvalue weighted by Crippen LogP contribution is -2.15. The highest BCUT2D eigenvalue weighted by molar-refractivity contribution is 9.10. The Labute approximate surface area is 98.7 Å². The zero-order valence-corrected chi connectivity index (χ0v) is 9.88. The van der Waals surface area contributed by atoms with Gasteiger partial charge in [-0.1, -0.05) is 0 Å². The van der Waals surface area contributed by atoms with Gasteiger partial charge in [0.05, 0.1) is 5.69 Å². The van der Waals surface area contributed by atoms with E-state index in [1.54, 1.807) is 18.3 Å². The molecule has 2 aromatic heterocycles. The van der Waals surface area contributed by atoms with Crippen molar-refractivity contribution < 1.29 is 4.39 Å². The molecule has 6 heteroatoms. The third-order valence-electron chi connectivity index (χ3n) is 2.00. The summed E-state index contributed by atoms with van der Waals surface area (Å²) in [6.45, 7) is 1.44. The Morgan fingerprint density at radius 1 is 1.44 bits per heavy atom. The molecule has 0 amide bonds. The van der Waals surface area contributed by atoms with Crippen LogP contribution in [0.3, 0.4) is 0 Å². The molecule has 16 heavy (non-hydrogen) atoms. The van der Waals surface area contributed by atoms with E-state index < -0.39 is 11.4 Å². The SMILES string of the molecule is Cc1nc(-c2ccc(Br)cn2)[nH]c(=O)c1F. The van der Waals surface area contributed by atoms with Crippen LogP contribution in [0.4, 0.5) is 4.39 Å².